The highest BCUT2D eigenvalue weighted by atomic mass is 32.1. The van der Waals surface area contributed by atoms with Crippen molar-refractivity contribution in [1.29, 1.82) is 0 Å². The molecule has 1 unspecified atom stereocenters. The molecular weight excluding hydrogens is 432 g/mol. The molecule has 0 N–H and O–H groups in total. The summed E-state index contributed by atoms with van der Waals surface area (Å²) in [7, 11) is 1.71. The van der Waals surface area contributed by atoms with Crippen molar-refractivity contribution in [3.63, 3.8) is 0 Å². The zero-order valence-corrected chi connectivity index (χ0v) is 21.3. The van der Waals surface area contributed by atoms with Crippen LogP contribution in [0.15, 0.2) is 35.4 Å². The van der Waals surface area contributed by atoms with Gasteiger partial charge in [0.05, 0.1) is 17.9 Å². The van der Waals surface area contributed by atoms with Gasteiger partial charge in [-0.3, -0.25) is 4.79 Å². The summed E-state index contributed by atoms with van der Waals surface area (Å²) in [6.45, 7) is 12.0. The Morgan fingerprint density at radius 1 is 1.15 bits per heavy atom. The molecule has 3 aromatic rings. The molecule has 1 atom stereocenters. The molecule has 176 valence electrons. The lowest BCUT2D eigenvalue weighted by Crippen LogP contribution is -2.26. The molecule has 4 rings (SSSR count). The maximum Gasteiger partial charge on any atom is 0.185 e. The fraction of sp³-hybridized carbons (Fsp3) is 0.481. The number of thiazole rings is 1. The van der Waals surface area contributed by atoms with Gasteiger partial charge in [0.15, 0.2) is 5.43 Å². The van der Waals surface area contributed by atoms with Gasteiger partial charge in [0, 0.05) is 60.6 Å². The van der Waals surface area contributed by atoms with Crippen LogP contribution in [-0.2, 0) is 11.2 Å². The van der Waals surface area contributed by atoms with Crippen LogP contribution < -0.4 is 10.2 Å². The van der Waals surface area contributed by atoms with Crippen molar-refractivity contribution in [2.75, 3.05) is 20.3 Å². The van der Waals surface area contributed by atoms with Crippen molar-refractivity contribution in [3.8, 4) is 27.6 Å². The predicted octanol–water partition coefficient (Wildman–Crippen LogP) is 6.24. The fourth-order valence-corrected chi connectivity index (χ4v) is 5.34. The normalized spacial score (nSPS) is 15.1. The number of pyridine rings is 1. The Hall–Kier alpha value is -2.44. The van der Waals surface area contributed by atoms with Gasteiger partial charge in [-0.25, -0.2) is 4.98 Å². The summed E-state index contributed by atoms with van der Waals surface area (Å²) in [5, 5.41) is 0.954. The minimum atomic E-state index is 0.0781. The van der Waals surface area contributed by atoms with E-state index in [0.29, 0.717) is 31.1 Å². The molecular formula is C27H34N2O3S. The van der Waals surface area contributed by atoms with Crippen LogP contribution >= 0.6 is 11.3 Å². The SMILES string of the molecule is COCCCOc1cc2c(cc1-c1ncc(C(C)C)s1)-c1cc(=O)c(C)cn1C(C(C)C)C2. The first kappa shape index (κ1) is 23.7. The van der Waals surface area contributed by atoms with Crippen molar-refractivity contribution in [2.24, 2.45) is 5.92 Å². The van der Waals surface area contributed by atoms with Crippen LogP contribution in [0.2, 0.25) is 0 Å². The van der Waals surface area contributed by atoms with Crippen molar-refractivity contribution in [1.82, 2.24) is 9.55 Å². The van der Waals surface area contributed by atoms with Crippen LogP contribution in [0.4, 0.5) is 0 Å². The van der Waals surface area contributed by atoms with Crippen LogP contribution in [0.5, 0.6) is 5.75 Å². The molecule has 0 aliphatic carbocycles. The lowest BCUT2D eigenvalue weighted by Gasteiger charge is -2.34. The first-order valence-corrected chi connectivity index (χ1v) is 12.6. The van der Waals surface area contributed by atoms with E-state index in [-0.39, 0.29) is 5.43 Å². The van der Waals surface area contributed by atoms with Crippen LogP contribution in [0, 0.1) is 12.8 Å². The Kier molecular flexibility index (Phi) is 7.05. The van der Waals surface area contributed by atoms with Crippen molar-refractivity contribution in [2.45, 2.75) is 59.4 Å². The van der Waals surface area contributed by atoms with Gasteiger partial charge in [-0.05, 0) is 42.9 Å². The minimum absolute atomic E-state index is 0.0781. The van der Waals surface area contributed by atoms with E-state index in [4.69, 9.17) is 14.5 Å². The molecule has 0 fully saturated rings. The van der Waals surface area contributed by atoms with E-state index < -0.39 is 0 Å². The molecule has 2 aromatic heterocycles. The van der Waals surface area contributed by atoms with Gasteiger partial charge < -0.3 is 14.0 Å². The van der Waals surface area contributed by atoms with Crippen LogP contribution in [0.25, 0.3) is 21.8 Å². The average molecular weight is 467 g/mol. The number of benzene rings is 1. The molecule has 1 aliphatic rings. The summed E-state index contributed by atoms with van der Waals surface area (Å²) in [6, 6.07) is 6.46. The number of ether oxygens (including phenoxy) is 2. The number of hydrogen-bond donors (Lipinski definition) is 0. The molecule has 0 amide bonds. The van der Waals surface area contributed by atoms with Crippen molar-refractivity contribution < 1.29 is 9.47 Å². The lowest BCUT2D eigenvalue weighted by molar-refractivity contribution is 0.172. The molecule has 3 heterocycles. The van der Waals surface area contributed by atoms with Gasteiger partial charge in [0.1, 0.15) is 10.8 Å². The van der Waals surface area contributed by atoms with Gasteiger partial charge in [0.25, 0.3) is 0 Å². The van der Waals surface area contributed by atoms with Gasteiger partial charge >= 0.3 is 0 Å². The smallest absolute Gasteiger partial charge is 0.185 e. The van der Waals surface area contributed by atoms with Gasteiger partial charge in [0.2, 0.25) is 0 Å². The summed E-state index contributed by atoms with van der Waals surface area (Å²) in [4.78, 5) is 18.6. The average Bonchev–Trinajstić information content (AvgIpc) is 3.27. The van der Waals surface area contributed by atoms with Gasteiger partial charge in [-0.2, -0.15) is 0 Å². The molecule has 6 heteroatoms. The van der Waals surface area contributed by atoms with E-state index in [2.05, 4.69) is 44.4 Å². The lowest BCUT2D eigenvalue weighted by atomic mass is 9.86. The number of methoxy groups -OCH3 is 1. The van der Waals surface area contributed by atoms with E-state index in [1.165, 1.54) is 10.4 Å². The Morgan fingerprint density at radius 3 is 2.61 bits per heavy atom. The summed E-state index contributed by atoms with van der Waals surface area (Å²) in [5.41, 5.74) is 5.17. The van der Waals surface area contributed by atoms with E-state index in [1.807, 2.05) is 19.3 Å². The third-order valence-corrected chi connectivity index (χ3v) is 7.71. The fourth-order valence-electron chi connectivity index (χ4n) is 4.41. The van der Waals surface area contributed by atoms with Gasteiger partial charge in [-0.15, -0.1) is 11.3 Å². The second-order valence-electron chi connectivity index (χ2n) is 9.55. The van der Waals surface area contributed by atoms with Gasteiger partial charge in [-0.1, -0.05) is 27.7 Å². The Morgan fingerprint density at radius 2 is 1.94 bits per heavy atom. The highest BCUT2D eigenvalue weighted by molar-refractivity contribution is 7.15. The van der Waals surface area contributed by atoms with E-state index in [1.54, 1.807) is 24.5 Å². The number of aromatic nitrogens is 2. The molecule has 5 nitrogen and oxygen atoms in total. The maximum atomic E-state index is 12.6. The summed E-state index contributed by atoms with van der Waals surface area (Å²) >= 11 is 1.71. The topological polar surface area (TPSA) is 53.4 Å². The molecule has 0 saturated heterocycles. The summed E-state index contributed by atoms with van der Waals surface area (Å²) in [5.74, 6) is 1.73. The van der Waals surface area contributed by atoms with Crippen LogP contribution in [0.3, 0.4) is 0 Å². The maximum absolute atomic E-state index is 12.6. The predicted molar refractivity (Wildman–Crippen MR) is 136 cm³/mol. The number of hydrogen-bond acceptors (Lipinski definition) is 5. The van der Waals surface area contributed by atoms with E-state index in [0.717, 1.165) is 46.0 Å². The van der Waals surface area contributed by atoms with Crippen LogP contribution in [0.1, 0.15) is 62.1 Å². The zero-order valence-electron chi connectivity index (χ0n) is 20.5. The number of aryl methyl sites for hydroxylation is 1. The molecule has 0 bridgehead atoms. The van der Waals surface area contributed by atoms with E-state index >= 15 is 0 Å². The largest absolute Gasteiger partial charge is 0.493 e. The zero-order chi connectivity index (χ0) is 23.7. The summed E-state index contributed by atoms with van der Waals surface area (Å²) < 4.78 is 13.8. The Labute approximate surface area is 200 Å². The number of rotatable bonds is 8. The summed E-state index contributed by atoms with van der Waals surface area (Å²) in [6.07, 6.45) is 5.73. The number of nitrogens with zero attached hydrogens (tertiary/aromatic N) is 2. The van der Waals surface area contributed by atoms with E-state index in [9.17, 15) is 4.79 Å². The highest BCUT2D eigenvalue weighted by Gasteiger charge is 2.28. The first-order valence-electron chi connectivity index (χ1n) is 11.8. The first-order chi connectivity index (χ1) is 15.8. The highest BCUT2D eigenvalue weighted by Crippen LogP contribution is 2.44. The second-order valence-corrected chi connectivity index (χ2v) is 10.6. The molecule has 0 spiro atoms. The number of fused-ring (bicyclic) bond motifs is 3. The minimum Gasteiger partial charge on any atom is -0.493 e. The van der Waals surface area contributed by atoms with Crippen molar-refractivity contribution in [3.05, 3.63) is 56.8 Å². The molecule has 1 aliphatic heterocycles. The molecule has 1 aromatic carbocycles. The standard InChI is InChI=1S/C27H34N2O3S/c1-16(2)22-10-19-11-25(32-9-7-8-31-6)21(27-28-14-26(33-27)17(3)4)12-20(19)23-13-24(30)18(5)15-29(22)23/h11-17,22H,7-10H2,1-6H3. The third kappa shape index (κ3) is 4.78. The second kappa shape index (κ2) is 9.82. The Balaban J connectivity index is 1.87. The van der Waals surface area contributed by atoms with Crippen molar-refractivity contribution >= 4 is 11.3 Å². The molecule has 0 radical (unpaired) electrons. The monoisotopic (exact) mass is 466 g/mol. The molecule has 0 saturated carbocycles. The Bertz CT molecular complexity index is 1190. The molecule has 33 heavy (non-hydrogen) atoms. The van der Waals surface area contributed by atoms with Crippen LogP contribution in [-0.4, -0.2) is 29.9 Å². The quantitative estimate of drug-likeness (QED) is 0.369. The third-order valence-electron chi connectivity index (χ3n) is 6.38.